The summed E-state index contributed by atoms with van der Waals surface area (Å²) in [5.41, 5.74) is 1.08. The molecule has 1 heterocycles. The Labute approximate surface area is 119 Å². The van der Waals surface area contributed by atoms with E-state index in [2.05, 4.69) is 9.97 Å². The van der Waals surface area contributed by atoms with Gasteiger partial charge in [-0.1, -0.05) is 23.7 Å². The number of halogens is 3. The molecule has 100 valence electrons. The average Bonchev–Trinajstić information content (AvgIpc) is 2.43. The molecule has 0 spiro atoms. The van der Waals surface area contributed by atoms with E-state index in [0.29, 0.717) is 16.5 Å². The van der Waals surface area contributed by atoms with Crippen LogP contribution in [0.15, 0.2) is 36.4 Å². The summed E-state index contributed by atoms with van der Waals surface area (Å²) in [6, 6.07) is 9.39. The fraction of sp³-hybridized carbons (Fsp3) is 0.0667. The molecule has 0 bridgehead atoms. The Balaban J connectivity index is 2.27. The third-order valence-electron chi connectivity index (χ3n) is 3.05. The number of aryl methyl sites for hydroxylation is 1. The predicted octanol–water partition coefficient (Wildman–Crippen LogP) is 4.54. The van der Waals surface area contributed by atoms with Crippen LogP contribution in [0.25, 0.3) is 22.3 Å². The molecule has 0 aliphatic rings. The van der Waals surface area contributed by atoms with E-state index in [-0.39, 0.29) is 16.5 Å². The van der Waals surface area contributed by atoms with Crippen LogP contribution in [-0.4, -0.2) is 9.97 Å². The Morgan fingerprint density at radius 1 is 1.00 bits per heavy atom. The fourth-order valence-corrected chi connectivity index (χ4v) is 2.23. The highest BCUT2D eigenvalue weighted by Crippen LogP contribution is 2.27. The van der Waals surface area contributed by atoms with Gasteiger partial charge in [-0.25, -0.2) is 18.7 Å². The predicted molar refractivity (Wildman–Crippen MR) is 74.6 cm³/mol. The zero-order valence-corrected chi connectivity index (χ0v) is 11.2. The summed E-state index contributed by atoms with van der Waals surface area (Å²) in [6.45, 7) is 1.56. The average molecular weight is 291 g/mol. The normalized spacial score (nSPS) is 11.0. The van der Waals surface area contributed by atoms with Crippen LogP contribution in [0.1, 0.15) is 5.56 Å². The van der Waals surface area contributed by atoms with Crippen LogP contribution < -0.4 is 0 Å². The maximum Gasteiger partial charge on any atom is 0.164 e. The van der Waals surface area contributed by atoms with Gasteiger partial charge in [-0.05, 0) is 30.7 Å². The summed E-state index contributed by atoms with van der Waals surface area (Å²) in [5.74, 6) is -1.16. The van der Waals surface area contributed by atoms with Crippen molar-refractivity contribution in [1.82, 2.24) is 9.97 Å². The van der Waals surface area contributed by atoms with Crippen LogP contribution in [0.2, 0.25) is 5.15 Å². The standard InChI is InChI=1S/C15H9ClF2N2/c1-8-6-10(12(18)7-11(8)17)15-19-13-5-3-2-4-9(13)14(16)20-15/h2-7H,1H3. The van der Waals surface area contributed by atoms with Crippen molar-refractivity contribution in [3.05, 3.63) is 58.7 Å². The van der Waals surface area contributed by atoms with Gasteiger partial charge in [0.2, 0.25) is 0 Å². The fourth-order valence-electron chi connectivity index (χ4n) is 1.99. The minimum atomic E-state index is -0.709. The van der Waals surface area contributed by atoms with E-state index in [1.807, 2.05) is 12.1 Å². The monoisotopic (exact) mass is 290 g/mol. The number of aromatic nitrogens is 2. The van der Waals surface area contributed by atoms with Crippen LogP contribution in [0.3, 0.4) is 0 Å². The Morgan fingerprint density at radius 3 is 2.55 bits per heavy atom. The van der Waals surface area contributed by atoms with Crippen molar-refractivity contribution in [3.63, 3.8) is 0 Å². The van der Waals surface area contributed by atoms with E-state index >= 15 is 0 Å². The SMILES string of the molecule is Cc1cc(-c2nc(Cl)c3ccccc3n2)c(F)cc1F. The second-order valence-corrected chi connectivity index (χ2v) is 4.79. The van der Waals surface area contributed by atoms with Crippen LogP contribution in [0.5, 0.6) is 0 Å². The van der Waals surface area contributed by atoms with Gasteiger partial charge in [-0.15, -0.1) is 0 Å². The first-order chi connectivity index (χ1) is 9.56. The molecular weight excluding hydrogens is 282 g/mol. The Bertz CT molecular complexity index is 818. The molecular formula is C15H9ClF2N2. The van der Waals surface area contributed by atoms with Gasteiger partial charge < -0.3 is 0 Å². The van der Waals surface area contributed by atoms with E-state index in [1.165, 1.54) is 6.07 Å². The number of benzene rings is 2. The lowest BCUT2D eigenvalue weighted by Crippen LogP contribution is -1.96. The van der Waals surface area contributed by atoms with Gasteiger partial charge in [0, 0.05) is 11.5 Å². The van der Waals surface area contributed by atoms with Crippen molar-refractivity contribution in [2.45, 2.75) is 6.92 Å². The minimum absolute atomic E-state index is 0.136. The van der Waals surface area contributed by atoms with Crippen LogP contribution >= 0.6 is 11.6 Å². The molecule has 2 nitrogen and oxygen atoms in total. The van der Waals surface area contributed by atoms with Crippen LogP contribution in [-0.2, 0) is 0 Å². The zero-order valence-electron chi connectivity index (χ0n) is 10.5. The molecule has 0 saturated carbocycles. The smallest absolute Gasteiger partial charge is 0.164 e. The van der Waals surface area contributed by atoms with E-state index in [4.69, 9.17) is 11.6 Å². The first-order valence-corrected chi connectivity index (χ1v) is 6.32. The van der Waals surface area contributed by atoms with Crippen LogP contribution in [0, 0.1) is 18.6 Å². The molecule has 1 aromatic heterocycles. The van der Waals surface area contributed by atoms with Crippen LogP contribution in [0.4, 0.5) is 8.78 Å². The number of para-hydroxylation sites is 1. The molecule has 0 N–H and O–H groups in total. The van der Waals surface area contributed by atoms with Gasteiger partial charge in [0.15, 0.2) is 5.82 Å². The van der Waals surface area contributed by atoms with E-state index in [9.17, 15) is 8.78 Å². The zero-order chi connectivity index (χ0) is 14.3. The summed E-state index contributed by atoms with van der Waals surface area (Å²) in [6.07, 6.45) is 0. The lowest BCUT2D eigenvalue weighted by Gasteiger charge is -2.07. The number of hydrogen-bond donors (Lipinski definition) is 0. The highest BCUT2D eigenvalue weighted by molar-refractivity contribution is 6.34. The maximum absolute atomic E-state index is 13.9. The quantitative estimate of drug-likeness (QED) is 0.615. The Kier molecular flexibility index (Phi) is 3.10. The molecule has 0 unspecified atom stereocenters. The summed E-state index contributed by atoms with van der Waals surface area (Å²) in [5, 5.41) is 0.934. The summed E-state index contributed by atoms with van der Waals surface area (Å²) >= 11 is 6.09. The third-order valence-corrected chi connectivity index (χ3v) is 3.33. The second-order valence-electron chi connectivity index (χ2n) is 4.44. The van der Waals surface area contributed by atoms with Crippen molar-refractivity contribution < 1.29 is 8.78 Å². The van der Waals surface area contributed by atoms with Gasteiger partial charge in [0.1, 0.15) is 16.8 Å². The number of fused-ring (bicyclic) bond motifs is 1. The molecule has 2 aromatic carbocycles. The lowest BCUT2D eigenvalue weighted by molar-refractivity contribution is 0.579. The molecule has 0 aliphatic heterocycles. The molecule has 0 atom stereocenters. The first kappa shape index (κ1) is 12.9. The Morgan fingerprint density at radius 2 is 1.75 bits per heavy atom. The summed E-state index contributed by atoms with van der Waals surface area (Å²) < 4.78 is 27.2. The first-order valence-electron chi connectivity index (χ1n) is 5.94. The lowest BCUT2D eigenvalue weighted by atomic mass is 10.1. The van der Waals surface area contributed by atoms with Gasteiger partial charge in [-0.3, -0.25) is 0 Å². The molecule has 20 heavy (non-hydrogen) atoms. The second kappa shape index (κ2) is 4.80. The van der Waals surface area contributed by atoms with E-state index in [0.717, 1.165) is 6.07 Å². The molecule has 3 rings (SSSR count). The highest BCUT2D eigenvalue weighted by atomic mass is 35.5. The van der Waals surface area contributed by atoms with Gasteiger partial charge >= 0.3 is 0 Å². The molecule has 0 aliphatic carbocycles. The number of rotatable bonds is 1. The molecule has 0 saturated heterocycles. The van der Waals surface area contributed by atoms with Crippen molar-refractivity contribution in [2.24, 2.45) is 0 Å². The molecule has 0 radical (unpaired) electrons. The summed E-state index contributed by atoms with van der Waals surface area (Å²) in [7, 11) is 0. The topological polar surface area (TPSA) is 25.8 Å². The molecule has 5 heteroatoms. The van der Waals surface area contributed by atoms with Crippen molar-refractivity contribution >= 4 is 22.5 Å². The number of hydrogen-bond acceptors (Lipinski definition) is 2. The Hall–Kier alpha value is -2.07. The van der Waals surface area contributed by atoms with Crippen molar-refractivity contribution in [1.29, 1.82) is 0 Å². The maximum atomic E-state index is 13.9. The number of nitrogens with zero attached hydrogens (tertiary/aromatic N) is 2. The van der Waals surface area contributed by atoms with Gasteiger partial charge in [0.25, 0.3) is 0 Å². The van der Waals surface area contributed by atoms with E-state index in [1.54, 1.807) is 19.1 Å². The summed E-state index contributed by atoms with van der Waals surface area (Å²) in [4.78, 5) is 8.37. The van der Waals surface area contributed by atoms with Crippen molar-refractivity contribution in [2.75, 3.05) is 0 Å². The van der Waals surface area contributed by atoms with Gasteiger partial charge in [-0.2, -0.15) is 0 Å². The highest BCUT2D eigenvalue weighted by Gasteiger charge is 2.14. The molecule has 0 amide bonds. The largest absolute Gasteiger partial charge is 0.228 e. The minimum Gasteiger partial charge on any atom is -0.228 e. The molecule has 0 fully saturated rings. The van der Waals surface area contributed by atoms with Crippen molar-refractivity contribution in [3.8, 4) is 11.4 Å². The van der Waals surface area contributed by atoms with E-state index < -0.39 is 11.6 Å². The third kappa shape index (κ3) is 2.12. The van der Waals surface area contributed by atoms with Gasteiger partial charge in [0.05, 0.1) is 11.1 Å². The molecule has 3 aromatic rings.